The van der Waals surface area contributed by atoms with Gasteiger partial charge in [0.2, 0.25) is 0 Å². The van der Waals surface area contributed by atoms with Crippen LogP contribution in [0.5, 0.6) is 0 Å². The average molecular weight is 170 g/mol. The first-order chi connectivity index (χ1) is 4.88. The Balaban J connectivity index is 3.87. The van der Waals surface area contributed by atoms with Gasteiger partial charge in [0, 0.05) is 7.05 Å². The van der Waals surface area contributed by atoms with Crippen molar-refractivity contribution >= 4 is 6.03 Å². The summed E-state index contributed by atoms with van der Waals surface area (Å²) in [5, 5.41) is 3.71. The number of alkyl halides is 3. The third-order valence-corrected chi connectivity index (χ3v) is 1.07. The van der Waals surface area contributed by atoms with Crippen LogP contribution in [0.1, 0.15) is 6.92 Å². The maximum Gasteiger partial charge on any atom is 0.408 e. The molecule has 1 atom stereocenters. The molecule has 0 aliphatic rings. The highest BCUT2D eigenvalue weighted by atomic mass is 19.4. The Morgan fingerprint density at radius 2 is 1.91 bits per heavy atom. The second kappa shape index (κ2) is 3.45. The summed E-state index contributed by atoms with van der Waals surface area (Å²) < 4.78 is 35.1. The molecule has 0 spiro atoms. The fraction of sp³-hybridized carbons (Fsp3) is 0.800. The van der Waals surface area contributed by atoms with Gasteiger partial charge >= 0.3 is 12.2 Å². The molecule has 11 heavy (non-hydrogen) atoms. The molecule has 0 radical (unpaired) electrons. The highest BCUT2D eigenvalue weighted by molar-refractivity contribution is 5.73. The Hall–Kier alpha value is -0.940. The van der Waals surface area contributed by atoms with Crippen LogP contribution in [0, 0.1) is 0 Å². The molecule has 0 saturated heterocycles. The number of rotatable bonds is 1. The van der Waals surface area contributed by atoms with Crippen molar-refractivity contribution < 1.29 is 18.0 Å². The number of nitrogens with one attached hydrogen (secondary N) is 2. The lowest BCUT2D eigenvalue weighted by molar-refractivity contribution is -0.148. The predicted octanol–water partition coefficient (Wildman–Crippen LogP) is 0.866. The molecule has 0 aromatic heterocycles. The van der Waals surface area contributed by atoms with Crippen molar-refractivity contribution in [3.05, 3.63) is 0 Å². The molecule has 2 amide bonds. The molecule has 0 aliphatic heterocycles. The fourth-order valence-electron chi connectivity index (χ4n) is 0.351. The fourth-order valence-corrected chi connectivity index (χ4v) is 0.351. The van der Waals surface area contributed by atoms with E-state index < -0.39 is 18.2 Å². The van der Waals surface area contributed by atoms with Gasteiger partial charge < -0.3 is 10.6 Å². The van der Waals surface area contributed by atoms with Crippen LogP contribution in [0.25, 0.3) is 0 Å². The number of hydrogen-bond acceptors (Lipinski definition) is 1. The lowest BCUT2D eigenvalue weighted by Crippen LogP contribution is -2.46. The van der Waals surface area contributed by atoms with Gasteiger partial charge in [0.05, 0.1) is 0 Å². The van der Waals surface area contributed by atoms with Crippen LogP contribution in [0.3, 0.4) is 0 Å². The van der Waals surface area contributed by atoms with Gasteiger partial charge in [-0.1, -0.05) is 0 Å². The maximum atomic E-state index is 11.7. The molecule has 0 fully saturated rings. The molecule has 3 nitrogen and oxygen atoms in total. The normalized spacial score (nSPS) is 13.9. The number of hydrogen-bond donors (Lipinski definition) is 2. The van der Waals surface area contributed by atoms with Crippen molar-refractivity contribution in [2.75, 3.05) is 7.05 Å². The Morgan fingerprint density at radius 3 is 2.18 bits per heavy atom. The zero-order valence-corrected chi connectivity index (χ0v) is 6.12. The largest absolute Gasteiger partial charge is 0.408 e. The minimum absolute atomic E-state index is 0.838. The molecule has 0 aliphatic carbocycles. The second-order valence-corrected chi connectivity index (χ2v) is 1.99. The first-order valence-electron chi connectivity index (χ1n) is 2.93. The van der Waals surface area contributed by atoms with Crippen LogP contribution in [0.4, 0.5) is 18.0 Å². The molecule has 0 aromatic carbocycles. The highest BCUT2D eigenvalue weighted by Gasteiger charge is 2.36. The van der Waals surface area contributed by atoms with Gasteiger partial charge in [0.1, 0.15) is 6.04 Å². The summed E-state index contributed by atoms with van der Waals surface area (Å²) in [6, 6.07) is -2.66. The van der Waals surface area contributed by atoms with E-state index in [9.17, 15) is 18.0 Å². The molecule has 66 valence electrons. The van der Waals surface area contributed by atoms with Gasteiger partial charge in [0.25, 0.3) is 0 Å². The van der Waals surface area contributed by atoms with E-state index in [1.54, 1.807) is 5.32 Å². The third kappa shape index (κ3) is 3.69. The van der Waals surface area contributed by atoms with Gasteiger partial charge in [-0.05, 0) is 6.92 Å². The quantitative estimate of drug-likeness (QED) is 0.602. The zero-order valence-electron chi connectivity index (χ0n) is 6.12. The van der Waals surface area contributed by atoms with E-state index in [0.29, 0.717) is 0 Å². The van der Waals surface area contributed by atoms with E-state index >= 15 is 0 Å². The van der Waals surface area contributed by atoms with Crippen LogP contribution in [-0.2, 0) is 0 Å². The zero-order chi connectivity index (χ0) is 9.07. The van der Waals surface area contributed by atoms with Crippen LogP contribution < -0.4 is 10.6 Å². The van der Waals surface area contributed by atoms with Crippen molar-refractivity contribution in [1.29, 1.82) is 0 Å². The van der Waals surface area contributed by atoms with Gasteiger partial charge in [-0.15, -0.1) is 0 Å². The van der Waals surface area contributed by atoms with Crippen LogP contribution >= 0.6 is 0 Å². The number of carbonyl (C=O) groups excluding carboxylic acids is 1. The van der Waals surface area contributed by atoms with Gasteiger partial charge in [-0.25, -0.2) is 4.79 Å². The van der Waals surface area contributed by atoms with E-state index in [-0.39, 0.29) is 0 Å². The average Bonchev–Trinajstić information content (AvgIpc) is 1.85. The molecular weight excluding hydrogens is 161 g/mol. The Bertz CT molecular complexity index is 145. The van der Waals surface area contributed by atoms with Gasteiger partial charge in [0.15, 0.2) is 0 Å². The summed E-state index contributed by atoms with van der Waals surface area (Å²) in [6.45, 7) is 0.870. The minimum Gasteiger partial charge on any atom is -0.341 e. The van der Waals surface area contributed by atoms with E-state index in [1.165, 1.54) is 7.05 Å². The van der Waals surface area contributed by atoms with Gasteiger partial charge in [-0.2, -0.15) is 13.2 Å². The van der Waals surface area contributed by atoms with Crippen LogP contribution in [-0.4, -0.2) is 25.3 Å². The van der Waals surface area contributed by atoms with Gasteiger partial charge in [-0.3, -0.25) is 0 Å². The number of urea groups is 1. The second-order valence-electron chi connectivity index (χ2n) is 1.99. The monoisotopic (exact) mass is 170 g/mol. The van der Waals surface area contributed by atoms with Crippen molar-refractivity contribution in [2.24, 2.45) is 0 Å². The van der Waals surface area contributed by atoms with Crippen molar-refractivity contribution in [3.63, 3.8) is 0 Å². The molecule has 0 heterocycles. The molecule has 0 rings (SSSR count). The highest BCUT2D eigenvalue weighted by Crippen LogP contribution is 2.19. The van der Waals surface area contributed by atoms with Crippen LogP contribution in [0.15, 0.2) is 0 Å². The van der Waals surface area contributed by atoms with E-state index in [1.807, 2.05) is 5.32 Å². The molecular formula is C5H9F3N2O. The first-order valence-corrected chi connectivity index (χ1v) is 2.93. The SMILES string of the molecule is CNC(=O)NC(C)C(F)(F)F. The van der Waals surface area contributed by atoms with E-state index in [4.69, 9.17) is 0 Å². The molecule has 6 heteroatoms. The minimum atomic E-state index is -4.38. The van der Waals surface area contributed by atoms with E-state index in [2.05, 4.69) is 0 Å². The molecule has 0 bridgehead atoms. The lowest BCUT2D eigenvalue weighted by Gasteiger charge is -2.16. The summed E-state index contributed by atoms with van der Waals surface area (Å²) in [4.78, 5) is 10.3. The standard InChI is InChI=1S/C5H9F3N2O/c1-3(5(6,7)8)10-4(11)9-2/h3H,1-2H3,(H2,9,10,11). The molecule has 0 saturated carbocycles. The number of halogens is 3. The number of amides is 2. The molecule has 1 unspecified atom stereocenters. The van der Waals surface area contributed by atoms with Crippen LogP contribution in [0.2, 0.25) is 0 Å². The summed E-state index contributed by atoms with van der Waals surface area (Å²) in [6.07, 6.45) is -4.38. The predicted molar refractivity (Wildman–Crippen MR) is 33.1 cm³/mol. The Labute approximate surface area is 62.0 Å². The summed E-state index contributed by atoms with van der Waals surface area (Å²) in [7, 11) is 1.25. The molecule has 0 aromatic rings. The third-order valence-electron chi connectivity index (χ3n) is 1.07. The smallest absolute Gasteiger partial charge is 0.341 e. The summed E-state index contributed by atoms with van der Waals surface area (Å²) in [5.41, 5.74) is 0. The van der Waals surface area contributed by atoms with Crippen molar-refractivity contribution in [2.45, 2.75) is 19.1 Å². The Kier molecular flexibility index (Phi) is 3.16. The maximum absolute atomic E-state index is 11.7. The number of carbonyl (C=O) groups is 1. The summed E-state index contributed by atoms with van der Waals surface area (Å²) >= 11 is 0. The first kappa shape index (κ1) is 10.1. The summed E-state index contributed by atoms with van der Waals surface area (Å²) in [5.74, 6) is 0. The van der Waals surface area contributed by atoms with Crippen molar-refractivity contribution in [3.8, 4) is 0 Å². The Morgan fingerprint density at radius 1 is 1.45 bits per heavy atom. The van der Waals surface area contributed by atoms with Crippen molar-refractivity contribution in [1.82, 2.24) is 10.6 Å². The topological polar surface area (TPSA) is 41.1 Å². The van der Waals surface area contributed by atoms with E-state index in [0.717, 1.165) is 6.92 Å². The molecule has 2 N–H and O–H groups in total. The lowest BCUT2D eigenvalue weighted by atomic mass is 10.3.